The zero-order valence-corrected chi connectivity index (χ0v) is 9.72. The summed E-state index contributed by atoms with van der Waals surface area (Å²) in [6, 6.07) is 4.63. The van der Waals surface area contributed by atoms with Crippen molar-refractivity contribution in [3.63, 3.8) is 0 Å². The molecule has 0 aromatic heterocycles. The smallest absolute Gasteiger partial charge is 0.123 e. The first-order valence-corrected chi connectivity index (χ1v) is 5.48. The summed E-state index contributed by atoms with van der Waals surface area (Å²) in [5.41, 5.74) is 0.861. The first kappa shape index (κ1) is 12.0. The topological polar surface area (TPSA) is 9.23 Å². The van der Waals surface area contributed by atoms with Gasteiger partial charge in [0, 0.05) is 0 Å². The van der Waals surface area contributed by atoms with Gasteiger partial charge in [0.05, 0.1) is 6.61 Å². The molecule has 0 bridgehead atoms. The second-order valence-electron chi connectivity index (χ2n) is 4.29. The lowest BCUT2D eigenvalue weighted by molar-refractivity contribution is 0.295. The normalized spacial score (nSPS) is 10.7. The molecule has 0 atom stereocenters. The summed E-state index contributed by atoms with van der Waals surface area (Å²) in [5.74, 6) is 1.30. The van der Waals surface area contributed by atoms with Gasteiger partial charge in [0.15, 0.2) is 0 Å². The highest BCUT2D eigenvalue weighted by Crippen LogP contribution is 2.18. The van der Waals surface area contributed by atoms with Crippen molar-refractivity contribution in [1.82, 2.24) is 0 Å². The van der Waals surface area contributed by atoms with Crippen molar-refractivity contribution >= 4 is 0 Å². The molecule has 0 N–H and O–H groups in total. The monoisotopic (exact) mass is 210 g/mol. The predicted octanol–water partition coefficient (Wildman–Crippen LogP) is 3.95. The molecule has 1 aromatic carbocycles. The van der Waals surface area contributed by atoms with E-state index in [2.05, 4.69) is 13.8 Å². The molecule has 0 heterocycles. The molecule has 2 heteroatoms. The number of halogens is 1. The van der Waals surface area contributed by atoms with Gasteiger partial charge in [-0.3, -0.25) is 0 Å². The van der Waals surface area contributed by atoms with Gasteiger partial charge < -0.3 is 4.74 Å². The first-order chi connectivity index (χ1) is 7.09. The summed E-state index contributed by atoms with van der Waals surface area (Å²) in [6.45, 7) is 6.97. The molecule has 0 aliphatic carbocycles. The van der Waals surface area contributed by atoms with E-state index in [4.69, 9.17) is 4.74 Å². The lowest BCUT2D eigenvalue weighted by Crippen LogP contribution is -2.00. The van der Waals surface area contributed by atoms with Gasteiger partial charge in [-0.1, -0.05) is 13.8 Å². The molecule has 84 valence electrons. The zero-order valence-electron chi connectivity index (χ0n) is 9.72. The zero-order chi connectivity index (χ0) is 11.3. The van der Waals surface area contributed by atoms with E-state index in [1.807, 2.05) is 6.92 Å². The van der Waals surface area contributed by atoms with Gasteiger partial charge >= 0.3 is 0 Å². The van der Waals surface area contributed by atoms with Crippen molar-refractivity contribution in [3.8, 4) is 5.75 Å². The Labute approximate surface area is 91.3 Å². The van der Waals surface area contributed by atoms with Crippen molar-refractivity contribution in [1.29, 1.82) is 0 Å². The van der Waals surface area contributed by atoms with Gasteiger partial charge in [-0.15, -0.1) is 0 Å². The third-order valence-corrected chi connectivity index (χ3v) is 2.32. The molecule has 0 unspecified atom stereocenters. The van der Waals surface area contributed by atoms with E-state index in [-0.39, 0.29) is 5.82 Å². The summed E-state index contributed by atoms with van der Waals surface area (Å²) >= 11 is 0. The van der Waals surface area contributed by atoms with E-state index in [1.54, 1.807) is 6.07 Å². The van der Waals surface area contributed by atoms with Gasteiger partial charge in [0.2, 0.25) is 0 Å². The maximum absolute atomic E-state index is 12.8. The molecule has 0 fully saturated rings. The van der Waals surface area contributed by atoms with Crippen LogP contribution in [-0.4, -0.2) is 6.61 Å². The fourth-order valence-electron chi connectivity index (χ4n) is 1.45. The van der Waals surface area contributed by atoms with E-state index in [1.165, 1.54) is 18.6 Å². The molecule has 0 saturated heterocycles. The Kier molecular flexibility index (Phi) is 4.60. The fourth-order valence-corrected chi connectivity index (χ4v) is 1.45. The SMILES string of the molecule is Cc1cc(F)ccc1OCCCC(C)C. The molecule has 0 radical (unpaired) electrons. The van der Waals surface area contributed by atoms with Gasteiger partial charge in [-0.05, 0) is 49.4 Å². The molecule has 0 aliphatic heterocycles. The first-order valence-electron chi connectivity index (χ1n) is 5.48. The van der Waals surface area contributed by atoms with Gasteiger partial charge in [0.1, 0.15) is 11.6 Å². The average molecular weight is 210 g/mol. The molecule has 1 nitrogen and oxygen atoms in total. The van der Waals surface area contributed by atoms with Crippen LogP contribution in [0.15, 0.2) is 18.2 Å². The highest BCUT2D eigenvalue weighted by Gasteiger charge is 2.01. The number of hydrogen-bond acceptors (Lipinski definition) is 1. The largest absolute Gasteiger partial charge is 0.493 e. The van der Waals surface area contributed by atoms with E-state index in [0.717, 1.165) is 17.7 Å². The van der Waals surface area contributed by atoms with Crippen LogP contribution in [0.4, 0.5) is 4.39 Å². The van der Waals surface area contributed by atoms with Gasteiger partial charge in [-0.25, -0.2) is 4.39 Å². The lowest BCUT2D eigenvalue weighted by Gasteiger charge is -2.09. The van der Waals surface area contributed by atoms with Crippen LogP contribution >= 0.6 is 0 Å². The van der Waals surface area contributed by atoms with Crippen molar-refractivity contribution in [2.45, 2.75) is 33.6 Å². The van der Waals surface area contributed by atoms with E-state index in [0.29, 0.717) is 12.5 Å². The Morgan fingerprint density at radius 1 is 1.33 bits per heavy atom. The van der Waals surface area contributed by atoms with Crippen molar-refractivity contribution in [3.05, 3.63) is 29.6 Å². The Balaban J connectivity index is 2.37. The number of aryl methyl sites for hydroxylation is 1. The number of hydrogen-bond donors (Lipinski definition) is 0. The Bertz CT molecular complexity index is 307. The minimum atomic E-state index is -0.206. The van der Waals surface area contributed by atoms with Crippen molar-refractivity contribution in [2.24, 2.45) is 5.92 Å². The van der Waals surface area contributed by atoms with Crippen LogP contribution < -0.4 is 4.74 Å². The van der Waals surface area contributed by atoms with Gasteiger partial charge in [0.25, 0.3) is 0 Å². The van der Waals surface area contributed by atoms with Crippen LogP contribution in [0.2, 0.25) is 0 Å². The highest BCUT2D eigenvalue weighted by atomic mass is 19.1. The standard InChI is InChI=1S/C13H19FO/c1-10(2)5-4-8-15-13-7-6-12(14)9-11(13)3/h6-7,9-10H,4-5,8H2,1-3H3. The second-order valence-corrected chi connectivity index (χ2v) is 4.29. The molecular formula is C13H19FO. The summed E-state index contributed by atoms with van der Waals surface area (Å²) in [6.07, 6.45) is 2.22. The number of rotatable bonds is 5. The Hall–Kier alpha value is -1.05. The van der Waals surface area contributed by atoms with Gasteiger partial charge in [-0.2, -0.15) is 0 Å². The molecule has 0 amide bonds. The van der Waals surface area contributed by atoms with Crippen LogP contribution in [0.1, 0.15) is 32.3 Å². The Morgan fingerprint density at radius 3 is 2.67 bits per heavy atom. The summed E-state index contributed by atoms with van der Waals surface area (Å²) < 4.78 is 18.4. The lowest BCUT2D eigenvalue weighted by atomic mass is 10.1. The van der Waals surface area contributed by atoms with Crippen molar-refractivity contribution < 1.29 is 9.13 Å². The molecule has 0 spiro atoms. The summed E-state index contributed by atoms with van der Waals surface area (Å²) in [7, 11) is 0. The predicted molar refractivity (Wildman–Crippen MR) is 60.7 cm³/mol. The van der Waals surface area contributed by atoms with E-state index in [9.17, 15) is 4.39 Å². The van der Waals surface area contributed by atoms with Crippen LogP contribution in [0, 0.1) is 18.7 Å². The number of ether oxygens (including phenoxy) is 1. The molecule has 15 heavy (non-hydrogen) atoms. The third-order valence-electron chi connectivity index (χ3n) is 2.32. The van der Waals surface area contributed by atoms with E-state index < -0.39 is 0 Å². The maximum Gasteiger partial charge on any atom is 0.123 e. The fraction of sp³-hybridized carbons (Fsp3) is 0.538. The molecular weight excluding hydrogens is 191 g/mol. The average Bonchev–Trinajstić information content (AvgIpc) is 2.14. The Morgan fingerprint density at radius 2 is 2.07 bits per heavy atom. The minimum absolute atomic E-state index is 0.206. The third kappa shape index (κ3) is 4.32. The molecule has 1 rings (SSSR count). The quantitative estimate of drug-likeness (QED) is 0.669. The van der Waals surface area contributed by atoms with E-state index >= 15 is 0 Å². The minimum Gasteiger partial charge on any atom is -0.493 e. The number of benzene rings is 1. The van der Waals surface area contributed by atoms with Crippen LogP contribution in [-0.2, 0) is 0 Å². The van der Waals surface area contributed by atoms with Crippen LogP contribution in [0.25, 0.3) is 0 Å². The molecule has 0 saturated carbocycles. The second kappa shape index (κ2) is 5.74. The summed E-state index contributed by atoms with van der Waals surface area (Å²) in [4.78, 5) is 0. The van der Waals surface area contributed by atoms with Crippen LogP contribution in [0.5, 0.6) is 5.75 Å². The van der Waals surface area contributed by atoms with Crippen molar-refractivity contribution in [2.75, 3.05) is 6.61 Å². The molecule has 1 aromatic rings. The summed E-state index contributed by atoms with van der Waals surface area (Å²) in [5, 5.41) is 0. The highest BCUT2D eigenvalue weighted by molar-refractivity contribution is 5.32. The molecule has 0 aliphatic rings. The van der Waals surface area contributed by atoms with Crippen LogP contribution in [0.3, 0.4) is 0 Å². The maximum atomic E-state index is 12.8.